The molecular formula is C12H12BrNO2. The minimum atomic E-state index is 0.544. The highest BCUT2D eigenvalue weighted by Crippen LogP contribution is 2.26. The molecule has 0 bridgehead atoms. The average molecular weight is 282 g/mol. The third-order valence-corrected chi connectivity index (χ3v) is 2.70. The molecule has 4 heteroatoms. The quantitative estimate of drug-likeness (QED) is 0.808. The molecule has 0 unspecified atom stereocenters. The Morgan fingerprint density at radius 1 is 1.25 bits per heavy atom. The average Bonchev–Trinajstić information content (AvgIpc) is 2.30. The Bertz CT molecular complexity index is 487. The van der Waals surface area contributed by atoms with Gasteiger partial charge in [-0.05, 0) is 24.3 Å². The first-order valence-corrected chi connectivity index (χ1v) is 5.76. The Kier molecular flexibility index (Phi) is 3.74. The van der Waals surface area contributed by atoms with E-state index in [1.165, 1.54) is 0 Å². The highest BCUT2D eigenvalue weighted by molar-refractivity contribution is 9.10. The van der Waals surface area contributed by atoms with Crippen molar-refractivity contribution >= 4 is 26.8 Å². The van der Waals surface area contributed by atoms with Crippen LogP contribution >= 0.6 is 15.9 Å². The van der Waals surface area contributed by atoms with E-state index in [0.29, 0.717) is 13.2 Å². The lowest BCUT2D eigenvalue weighted by atomic mass is 10.2. The summed E-state index contributed by atoms with van der Waals surface area (Å²) in [7, 11) is 1.66. The number of pyridine rings is 1. The number of hydrogen-bond acceptors (Lipinski definition) is 3. The van der Waals surface area contributed by atoms with Crippen LogP contribution in [0.1, 0.15) is 0 Å². The van der Waals surface area contributed by atoms with Crippen LogP contribution in [0.25, 0.3) is 10.9 Å². The molecule has 16 heavy (non-hydrogen) atoms. The van der Waals surface area contributed by atoms with E-state index in [2.05, 4.69) is 20.9 Å². The zero-order chi connectivity index (χ0) is 11.4. The molecule has 0 fully saturated rings. The fraction of sp³-hybridized carbons (Fsp3) is 0.250. The molecule has 0 aliphatic carbocycles. The second-order valence-electron chi connectivity index (χ2n) is 3.31. The predicted octanol–water partition coefficient (Wildman–Crippen LogP) is 3.02. The van der Waals surface area contributed by atoms with Crippen LogP contribution in [0.2, 0.25) is 0 Å². The van der Waals surface area contributed by atoms with Crippen molar-refractivity contribution in [2.45, 2.75) is 0 Å². The van der Waals surface area contributed by atoms with Gasteiger partial charge in [0.1, 0.15) is 12.4 Å². The number of benzene rings is 1. The first-order chi connectivity index (χ1) is 7.81. The van der Waals surface area contributed by atoms with Crippen LogP contribution in [-0.4, -0.2) is 25.3 Å². The third-order valence-electron chi connectivity index (χ3n) is 2.21. The van der Waals surface area contributed by atoms with Gasteiger partial charge in [-0.1, -0.05) is 15.9 Å². The van der Waals surface area contributed by atoms with E-state index in [4.69, 9.17) is 9.47 Å². The SMILES string of the molecule is COCCOc1ccnc2ccc(Br)cc12. The molecular weight excluding hydrogens is 270 g/mol. The van der Waals surface area contributed by atoms with Crippen LogP contribution < -0.4 is 4.74 Å². The van der Waals surface area contributed by atoms with E-state index in [1.807, 2.05) is 24.3 Å². The Hall–Kier alpha value is -1.13. The van der Waals surface area contributed by atoms with Gasteiger partial charge in [0.25, 0.3) is 0 Å². The Morgan fingerprint density at radius 2 is 2.12 bits per heavy atom. The molecule has 1 aromatic heterocycles. The Morgan fingerprint density at radius 3 is 2.94 bits per heavy atom. The van der Waals surface area contributed by atoms with Gasteiger partial charge in [-0.2, -0.15) is 0 Å². The fourth-order valence-corrected chi connectivity index (χ4v) is 1.82. The second kappa shape index (κ2) is 5.27. The summed E-state index contributed by atoms with van der Waals surface area (Å²) in [6, 6.07) is 7.80. The van der Waals surface area contributed by atoms with Crippen LogP contribution in [0.5, 0.6) is 5.75 Å². The van der Waals surface area contributed by atoms with E-state index < -0.39 is 0 Å². The molecule has 0 spiro atoms. The summed E-state index contributed by atoms with van der Waals surface area (Å²) in [6.07, 6.45) is 1.75. The standard InChI is InChI=1S/C12H12BrNO2/c1-15-6-7-16-12-4-5-14-11-3-2-9(13)8-10(11)12/h2-5,8H,6-7H2,1H3. The molecule has 84 valence electrons. The summed E-state index contributed by atoms with van der Waals surface area (Å²) in [4.78, 5) is 4.28. The van der Waals surface area contributed by atoms with Crippen molar-refractivity contribution in [3.8, 4) is 5.75 Å². The molecule has 0 saturated heterocycles. The predicted molar refractivity (Wildman–Crippen MR) is 66.8 cm³/mol. The number of hydrogen-bond donors (Lipinski definition) is 0. The van der Waals surface area contributed by atoms with Crippen molar-refractivity contribution in [3.05, 3.63) is 34.9 Å². The number of aromatic nitrogens is 1. The molecule has 0 amide bonds. The molecule has 0 N–H and O–H groups in total. The van der Waals surface area contributed by atoms with E-state index in [9.17, 15) is 0 Å². The van der Waals surface area contributed by atoms with Gasteiger partial charge in [-0.3, -0.25) is 4.98 Å². The summed E-state index contributed by atoms with van der Waals surface area (Å²) in [5.74, 6) is 0.836. The first kappa shape index (κ1) is 11.4. The van der Waals surface area contributed by atoms with Crippen molar-refractivity contribution in [2.75, 3.05) is 20.3 Å². The van der Waals surface area contributed by atoms with E-state index in [1.54, 1.807) is 13.3 Å². The van der Waals surface area contributed by atoms with Crippen molar-refractivity contribution in [1.82, 2.24) is 4.98 Å². The van der Waals surface area contributed by atoms with Gasteiger partial charge in [-0.15, -0.1) is 0 Å². The van der Waals surface area contributed by atoms with Gasteiger partial charge in [0.05, 0.1) is 12.1 Å². The van der Waals surface area contributed by atoms with E-state index in [0.717, 1.165) is 21.1 Å². The van der Waals surface area contributed by atoms with Crippen molar-refractivity contribution in [3.63, 3.8) is 0 Å². The summed E-state index contributed by atoms with van der Waals surface area (Å²) in [6.45, 7) is 1.12. The zero-order valence-electron chi connectivity index (χ0n) is 8.94. The van der Waals surface area contributed by atoms with Crippen molar-refractivity contribution in [1.29, 1.82) is 0 Å². The summed E-state index contributed by atoms with van der Waals surface area (Å²) < 4.78 is 11.6. The van der Waals surface area contributed by atoms with Crippen LogP contribution in [0.4, 0.5) is 0 Å². The van der Waals surface area contributed by atoms with Crippen molar-refractivity contribution in [2.24, 2.45) is 0 Å². The van der Waals surface area contributed by atoms with Gasteiger partial charge in [0.15, 0.2) is 0 Å². The number of nitrogens with zero attached hydrogens (tertiary/aromatic N) is 1. The smallest absolute Gasteiger partial charge is 0.130 e. The molecule has 0 saturated carbocycles. The number of fused-ring (bicyclic) bond motifs is 1. The van der Waals surface area contributed by atoms with Gasteiger partial charge < -0.3 is 9.47 Å². The number of halogens is 1. The topological polar surface area (TPSA) is 31.4 Å². The lowest BCUT2D eigenvalue weighted by Gasteiger charge is -2.08. The van der Waals surface area contributed by atoms with E-state index >= 15 is 0 Å². The summed E-state index contributed by atoms with van der Waals surface area (Å²) in [5.41, 5.74) is 0.929. The van der Waals surface area contributed by atoms with Gasteiger partial charge in [0, 0.05) is 23.2 Å². The fourth-order valence-electron chi connectivity index (χ4n) is 1.45. The molecule has 1 heterocycles. The normalized spacial score (nSPS) is 10.6. The monoisotopic (exact) mass is 281 g/mol. The molecule has 3 nitrogen and oxygen atoms in total. The second-order valence-corrected chi connectivity index (χ2v) is 4.23. The van der Waals surface area contributed by atoms with Gasteiger partial charge >= 0.3 is 0 Å². The highest BCUT2D eigenvalue weighted by Gasteiger charge is 2.03. The molecule has 0 aliphatic rings. The summed E-state index contributed by atoms with van der Waals surface area (Å²) in [5, 5.41) is 1.01. The maximum atomic E-state index is 5.63. The lowest BCUT2D eigenvalue weighted by Crippen LogP contribution is -2.04. The maximum Gasteiger partial charge on any atom is 0.130 e. The zero-order valence-corrected chi connectivity index (χ0v) is 10.5. The minimum Gasteiger partial charge on any atom is -0.490 e. The minimum absolute atomic E-state index is 0.544. The number of ether oxygens (including phenoxy) is 2. The van der Waals surface area contributed by atoms with Gasteiger partial charge in [0.2, 0.25) is 0 Å². The maximum absolute atomic E-state index is 5.63. The largest absolute Gasteiger partial charge is 0.490 e. The Labute approximate surface area is 103 Å². The molecule has 2 aromatic rings. The lowest BCUT2D eigenvalue weighted by molar-refractivity contribution is 0.147. The first-order valence-electron chi connectivity index (χ1n) is 4.97. The molecule has 2 rings (SSSR count). The molecule has 0 atom stereocenters. The molecule has 0 radical (unpaired) electrons. The number of methoxy groups -OCH3 is 1. The molecule has 0 aliphatic heterocycles. The van der Waals surface area contributed by atoms with Crippen LogP contribution in [0, 0.1) is 0 Å². The molecule has 1 aromatic carbocycles. The van der Waals surface area contributed by atoms with Crippen molar-refractivity contribution < 1.29 is 9.47 Å². The Balaban J connectivity index is 2.32. The highest BCUT2D eigenvalue weighted by atomic mass is 79.9. The van der Waals surface area contributed by atoms with E-state index in [-0.39, 0.29) is 0 Å². The van der Waals surface area contributed by atoms with Gasteiger partial charge in [-0.25, -0.2) is 0 Å². The number of rotatable bonds is 4. The van der Waals surface area contributed by atoms with Crippen LogP contribution in [0.15, 0.2) is 34.9 Å². The van der Waals surface area contributed by atoms with Crippen LogP contribution in [-0.2, 0) is 4.74 Å². The third kappa shape index (κ3) is 2.51. The van der Waals surface area contributed by atoms with Crippen LogP contribution in [0.3, 0.4) is 0 Å². The summed E-state index contributed by atoms with van der Waals surface area (Å²) >= 11 is 3.44.